The average Bonchev–Trinajstić information content (AvgIpc) is 3.33. The van der Waals surface area contributed by atoms with Gasteiger partial charge >= 0.3 is 0 Å². The second-order valence-electron chi connectivity index (χ2n) is 9.20. The fraction of sp³-hybridized carbons (Fsp3) is 0.393. The third-order valence-corrected chi connectivity index (χ3v) is 7.25. The molecule has 1 aliphatic rings. The first-order chi connectivity index (χ1) is 17.0. The molecule has 2 aromatic carbocycles. The summed E-state index contributed by atoms with van der Waals surface area (Å²) in [5, 5.41) is 6.11. The van der Waals surface area contributed by atoms with E-state index in [9.17, 15) is 9.59 Å². The molecule has 1 aliphatic carbocycles. The zero-order chi connectivity index (χ0) is 24.6. The molecule has 0 spiro atoms. The normalized spacial score (nSPS) is 14.9. The smallest absolute Gasteiger partial charge is 0.248 e. The van der Waals surface area contributed by atoms with Crippen LogP contribution in [0.1, 0.15) is 55.7 Å². The van der Waals surface area contributed by atoms with Crippen LogP contribution >= 0.6 is 11.3 Å². The molecule has 1 aromatic heterocycles. The molecule has 1 fully saturated rings. The number of anilines is 1. The molecule has 0 unspecified atom stereocenters. The van der Waals surface area contributed by atoms with Gasteiger partial charge in [0.25, 0.3) is 0 Å². The number of benzene rings is 2. The summed E-state index contributed by atoms with van der Waals surface area (Å²) in [5.41, 5.74) is 4.25. The highest BCUT2D eigenvalue weighted by Gasteiger charge is 2.19. The molecule has 0 bridgehead atoms. The van der Waals surface area contributed by atoms with Crippen LogP contribution < -0.4 is 10.6 Å². The van der Waals surface area contributed by atoms with Crippen molar-refractivity contribution in [1.82, 2.24) is 10.3 Å². The second kappa shape index (κ2) is 12.1. The number of nitrogens with zero attached hydrogens (tertiary/aromatic N) is 1. The van der Waals surface area contributed by atoms with Crippen LogP contribution in [0.3, 0.4) is 0 Å². The summed E-state index contributed by atoms with van der Waals surface area (Å²) >= 11 is 1.42. The van der Waals surface area contributed by atoms with E-state index in [0.29, 0.717) is 17.8 Å². The summed E-state index contributed by atoms with van der Waals surface area (Å²) in [5.74, 6) is -0.486. The SMILES string of the molecule is Cc1ccc(CC(=O)N[C@@H](C)C(=O)Nc2ncc(-c3ccccc3COC3CCCCC3)s2)cc1. The Labute approximate surface area is 211 Å². The van der Waals surface area contributed by atoms with Gasteiger partial charge in [-0.1, -0.05) is 84.7 Å². The molecular weight excluding hydrogens is 458 g/mol. The van der Waals surface area contributed by atoms with E-state index < -0.39 is 6.04 Å². The van der Waals surface area contributed by atoms with Gasteiger partial charge in [0.15, 0.2) is 5.13 Å². The minimum Gasteiger partial charge on any atom is -0.374 e. The predicted molar refractivity (Wildman–Crippen MR) is 140 cm³/mol. The molecule has 0 radical (unpaired) electrons. The molecule has 1 saturated carbocycles. The van der Waals surface area contributed by atoms with Crippen molar-refractivity contribution in [2.45, 2.75) is 71.1 Å². The van der Waals surface area contributed by atoms with Gasteiger partial charge in [-0.15, -0.1) is 0 Å². The number of thiazole rings is 1. The number of hydrogen-bond acceptors (Lipinski definition) is 5. The lowest BCUT2D eigenvalue weighted by Crippen LogP contribution is -2.42. The number of nitrogens with one attached hydrogen (secondary N) is 2. The first kappa shape index (κ1) is 25.1. The van der Waals surface area contributed by atoms with E-state index in [-0.39, 0.29) is 18.2 Å². The van der Waals surface area contributed by atoms with Gasteiger partial charge in [0.2, 0.25) is 11.8 Å². The quantitative estimate of drug-likeness (QED) is 0.405. The Hall–Kier alpha value is -3.03. The van der Waals surface area contributed by atoms with Crippen molar-refractivity contribution in [1.29, 1.82) is 0 Å². The summed E-state index contributed by atoms with van der Waals surface area (Å²) in [6, 6.07) is 15.3. The van der Waals surface area contributed by atoms with Crippen molar-refractivity contribution < 1.29 is 14.3 Å². The van der Waals surface area contributed by atoms with E-state index in [1.807, 2.05) is 43.3 Å². The molecule has 6 nitrogen and oxygen atoms in total. The van der Waals surface area contributed by atoms with Gasteiger partial charge < -0.3 is 15.4 Å². The summed E-state index contributed by atoms with van der Waals surface area (Å²) < 4.78 is 6.19. The number of rotatable bonds is 9. The van der Waals surface area contributed by atoms with Crippen LogP contribution in [0.4, 0.5) is 5.13 Å². The van der Waals surface area contributed by atoms with Crippen LogP contribution in [-0.4, -0.2) is 28.9 Å². The van der Waals surface area contributed by atoms with Crippen molar-refractivity contribution >= 4 is 28.3 Å². The molecular formula is C28H33N3O3S. The fourth-order valence-corrected chi connectivity index (χ4v) is 5.13. The summed E-state index contributed by atoms with van der Waals surface area (Å²) in [7, 11) is 0. The summed E-state index contributed by atoms with van der Waals surface area (Å²) in [6.45, 7) is 4.25. The lowest BCUT2D eigenvalue weighted by Gasteiger charge is -2.22. The van der Waals surface area contributed by atoms with E-state index in [1.165, 1.54) is 30.6 Å². The van der Waals surface area contributed by atoms with Crippen molar-refractivity contribution in [2.24, 2.45) is 0 Å². The van der Waals surface area contributed by atoms with Gasteiger partial charge in [0.1, 0.15) is 6.04 Å². The van der Waals surface area contributed by atoms with Crippen molar-refractivity contribution in [2.75, 3.05) is 5.32 Å². The molecule has 3 aromatic rings. The van der Waals surface area contributed by atoms with E-state index in [2.05, 4.69) is 27.8 Å². The van der Waals surface area contributed by atoms with E-state index in [1.54, 1.807) is 13.1 Å². The topological polar surface area (TPSA) is 80.3 Å². The second-order valence-corrected chi connectivity index (χ2v) is 10.2. The molecule has 184 valence electrons. The molecule has 2 N–H and O–H groups in total. The molecule has 1 atom stereocenters. The molecule has 1 heterocycles. The maximum Gasteiger partial charge on any atom is 0.248 e. The minimum absolute atomic E-state index is 0.191. The predicted octanol–water partition coefficient (Wildman–Crippen LogP) is 5.65. The first-order valence-electron chi connectivity index (χ1n) is 12.3. The first-order valence-corrected chi connectivity index (χ1v) is 13.1. The molecule has 35 heavy (non-hydrogen) atoms. The Kier molecular flexibility index (Phi) is 8.66. The number of aromatic nitrogens is 1. The number of ether oxygens (including phenoxy) is 1. The van der Waals surface area contributed by atoms with Gasteiger partial charge in [-0.3, -0.25) is 9.59 Å². The Morgan fingerprint density at radius 2 is 1.83 bits per heavy atom. The van der Waals surface area contributed by atoms with Gasteiger partial charge in [-0.05, 0) is 43.4 Å². The minimum atomic E-state index is -0.670. The van der Waals surface area contributed by atoms with Crippen LogP contribution in [0.15, 0.2) is 54.7 Å². The van der Waals surface area contributed by atoms with Crippen molar-refractivity contribution in [3.63, 3.8) is 0 Å². The van der Waals surface area contributed by atoms with Crippen molar-refractivity contribution in [3.8, 4) is 10.4 Å². The van der Waals surface area contributed by atoms with Crippen LogP contribution in [0.5, 0.6) is 0 Å². The number of carbonyl (C=O) groups is 2. The highest BCUT2D eigenvalue weighted by Crippen LogP contribution is 2.32. The van der Waals surface area contributed by atoms with E-state index in [4.69, 9.17) is 4.74 Å². The summed E-state index contributed by atoms with van der Waals surface area (Å²) in [6.07, 6.45) is 8.43. The largest absolute Gasteiger partial charge is 0.374 e. The Morgan fingerprint density at radius 1 is 1.09 bits per heavy atom. The monoisotopic (exact) mass is 491 g/mol. The van der Waals surface area contributed by atoms with Crippen LogP contribution in [0, 0.1) is 6.92 Å². The average molecular weight is 492 g/mol. The van der Waals surface area contributed by atoms with E-state index in [0.717, 1.165) is 40.0 Å². The Bertz CT molecular complexity index is 1140. The fourth-order valence-electron chi connectivity index (χ4n) is 4.25. The molecule has 7 heteroatoms. The highest BCUT2D eigenvalue weighted by atomic mass is 32.1. The highest BCUT2D eigenvalue weighted by molar-refractivity contribution is 7.19. The third-order valence-electron chi connectivity index (χ3n) is 6.30. The zero-order valence-electron chi connectivity index (χ0n) is 20.4. The number of amides is 2. The lowest BCUT2D eigenvalue weighted by molar-refractivity contribution is -0.125. The van der Waals surface area contributed by atoms with Crippen LogP contribution in [-0.2, 0) is 27.4 Å². The number of carbonyl (C=O) groups excluding carboxylic acids is 2. The molecule has 4 rings (SSSR count). The molecule has 0 saturated heterocycles. The van der Waals surface area contributed by atoms with Crippen LogP contribution in [0.2, 0.25) is 0 Å². The Balaban J connectivity index is 1.32. The van der Waals surface area contributed by atoms with Gasteiger partial charge in [-0.25, -0.2) is 4.98 Å². The molecule has 2 amide bonds. The number of aryl methyl sites for hydroxylation is 1. The maximum absolute atomic E-state index is 12.7. The maximum atomic E-state index is 12.7. The van der Waals surface area contributed by atoms with Gasteiger partial charge in [0.05, 0.1) is 24.0 Å². The third kappa shape index (κ3) is 7.23. The number of hydrogen-bond donors (Lipinski definition) is 2. The van der Waals surface area contributed by atoms with E-state index >= 15 is 0 Å². The zero-order valence-corrected chi connectivity index (χ0v) is 21.2. The summed E-state index contributed by atoms with van der Waals surface area (Å²) in [4.78, 5) is 30.4. The van der Waals surface area contributed by atoms with Crippen LogP contribution in [0.25, 0.3) is 10.4 Å². The molecule has 0 aliphatic heterocycles. The van der Waals surface area contributed by atoms with Gasteiger partial charge in [0, 0.05) is 6.20 Å². The van der Waals surface area contributed by atoms with Crippen molar-refractivity contribution in [3.05, 3.63) is 71.4 Å². The Morgan fingerprint density at radius 3 is 2.60 bits per heavy atom. The lowest BCUT2D eigenvalue weighted by atomic mass is 9.97. The standard InChI is InChI=1S/C28H33N3O3S/c1-19-12-14-21(15-13-19)16-26(32)30-20(2)27(33)31-28-29-17-25(35-28)24-11-7-6-8-22(24)18-34-23-9-4-3-5-10-23/h6-8,11-15,17,20,23H,3-5,9-10,16,18H2,1-2H3,(H,30,32)(H,29,31,33)/t20-/m0/s1. The van der Waals surface area contributed by atoms with Gasteiger partial charge in [-0.2, -0.15) is 0 Å².